The molecule has 0 aliphatic carbocycles. The van der Waals surface area contributed by atoms with E-state index in [1.165, 1.54) is 25.3 Å². The summed E-state index contributed by atoms with van der Waals surface area (Å²) in [7, 11) is 1.29. The van der Waals surface area contributed by atoms with Crippen LogP contribution in [0.25, 0.3) is 0 Å². The Morgan fingerprint density at radius 2 is 2.17 bits per heavy atom. The molecule has 1 aromatic rings. The maximum atomic E-state index is 13.5. The van der Waals surface area contributed by atoms with E-state index in [4.69, 9.17) is 10.5 Å². The number of nitrogen functional groups attached to an aromatic ring is 1. The summed E-state index contributed by atoms with van der Waals surface area (Å²) in [6, 6.07) is 3.35. The summed E-state index contributed by atoms with van der Waals surface area (Å²) in [5, 5.41) is 5.38. The van der Waals surface area contributed by atoms with Crippen molar-refractivity contribution in [2.24, 2.45) is 5.92 Å². The van der Waals surface area contributed by atoms with Gasteiger partial charge in [0.25, 0.3) is 0 Å². The van der Waals surface area contributed by atoms with Crippen LogP contribution in [-0.2, 0) is 14.3 Å². The van der Waals surface area contributed by atoms with Crippen molar-refractivity contribution in [1.29, 1.82) is 0 Å². The average molecular weight is 323 g/mol. The zero-order valence-electron chi connectivity index (χ0n) is 13.3. The van der Waals surface area contributed by atoms with Crippen LogP contribution >= 0.6 is 0 Å². The number of amides is 1. The van der Waals surface area contributed by atoms with E-state index in [1.807, 2.05) is 6.92 Å². The second kappa shape index (κ2) is 8.89. The van der Waals surface area contributed by atoms with Gasteiger partial charge in [0.05, 0.1) is 12.8 Å². The van der Waals surface area contributed by atoms with Gasteiger partial charge in [0.1, 0.15) is 11.9 Å². The number of methoxy groups -OCH3 is 1. The first kappa shape index (κ1) is 18.6. The first-order chi connectivity index (χ1) is 10.9. The van der Waals surface area contributed by atoms with Gasteiger partial charge in [-0.2, -0.15) is 0 Å². The summed E-state index contributed by atoms with van der Waals surface area (Å²) in [4.78, 5) is 23.5. The number of rotatable bonds is 8. The fourth-order valence-electron chi connectivity index (χ4n) is 1.94. The quantitative estimate of drug-likeness (QED) is 0.384. The van der Waals surface area contributed by atoms with Crippen LogP contribution in [0.15, 0.2) is 30.9 Å². The predicted molar refractivity (Wildman–Crippen MR) is 87.2 cm³/mol. The van der Waals surface area contributed by atoms with Gasteiger partial charge >= 0.3 is 5.97 Å². The molecule has 0 aliphatic rings. The first-order valence-electron chi connectivity index (χ1n) is 7.17. The van der Waals surface area contributed by atoms with Gasteiger partial charge in [-0.05, 0) is 24.1 Å². The molecule has 4 N–H and O–H groups in total. The molecular formula is C16H22FN3O3. The van der Waals surface area contributed by atoms with E-state index in [-0.39, 0.29) is 24.6 Å². The Morgan fingerprint density at radius 1 is 1.48 bits per heavy atom. The Labute approximate surface area is 134 Å². The Bertz CT molecular complexity index is 578. The van der Waals surface area contributed by atoms with E-state index in [0.29, 0.717) is 5.69 Å². The molecule has 7 heteroatoms. The number of carbonyl (C=O) groups excluding carboxylic acids is 2. The Balaban J connectivity index is 2.53. The van der Waals surface area contributed by atoms with E-state index in [1.54, 1.807) is 6.08 Å². The van der Waals surface area contributed by atoms with Gasteiger partial charge in [0.2, 0.25) is 5.91 Å². The largest absolute Gasteiger partial charge is 0.468 e. The molecule has 1 rings (SSSR count). The van der Waals surface area contributed by atoms with Gasteiger partial charge < -0.3 is 21.1 Å². The summed E-state index contributed by atoms with van der Waals surface area (Å²) >= 11 is 0. The molecule has 2 unspecified atom stereocenters. The van der Waals surface area contributed by atoms with Crippen molar-refractivity contribution in [2.45, 2.75) is 19.4 Å². The summed E-state index contributed by atoms with van der Waals surface area (Å²) in [6.45, 7) is 5.67. The zero-order valence-corrected chi connectivity index (χ0v) is 13.3. The average Bonchev–Trinajstić information content (AvgIpc) is 2.53. The van der Waals surface area contributed by atoms with Crippen LogP contribution in [0.1, 0.15) is 13.3 Å². The lowest BCUT2D eigenvalue weighted by molar-refractivity contribution is -0.144. The molecule has 126 valence electrons. The van der Waals surface area contributed by atoms with Crippen LogP contribution in [0.5, 0.6) is 0 Å². The van der Waals surface area contributed by atoms with Gasteiger partial charge in [0.15, 0.2) is 0 Å². The maximum Gasteiger partial charge on any atom is 0.323 e. The summed E-state index contributed by atoms with van der Waals surface area (Å²) < 4.78 is 18.2. The van der Waals surface area contributed by atoms with Crippen molar-refractivity contribution in [2.75, 3.05) is 24.7 Å². The molecule has 0 aromatic heterocycles. The van der Waals surface area contributed by atoms with Crippen molar-refractivity contribution in [3.8, 4) is 0 Å². The molecule has 0 fully saturated rings. The summed E-state index contributed by atoms with van der Waals surface area (Å²) in [5.41, 5.74) is 5.93. The van der Waals surface area contributed by atoms with E-state index >= 15 is 0 Å². The fourth-order valence-corrected chi connectivity index (χ4v) is 1.94. The van der Waals surface area contributed by atoms with Crippen molar-refractivity contribution in [1.82, 2.24) is 5.32 Å². The highest BCUT2D eigenvalue weighted by Crippen LogP contribution is 2.17. The Hall–Kier alpha value is -2.41. The monoisotopic (exact) mass is 323 g/mol. The lowest BCUT2D eigenvalue weighted by atomic mass is 10.0. The normalized spacial score (nSPS) is 13.0. The lowest BCUT2D eigenvalue weighted by Crippen LogP contribution is -2.43. The molecule has 0 saturated carbocycles. The van der Waals surface area contributed by atoms with Crippen LogP contribution in [0.2, 0.25) is 0 Å². The number of hydrogen-bond donors (Lipinski definition) is 3. The Kier molecular flexibility index (Phi) is 7.21. The van der Waals surface area contributed by atoms with Crippen LogP contribution in [0.3, 0.4) is 0 Å². The minimum Gasteiger partial charge on any atom is -0.468 e. The topological polar surface area (TPSA) is 93.5 Å². The van der Waals surface area contributed by atoms with Crippen molar-refractivity contribution < 1.29 is 18.7 Å². The van der Waals surface area contributed by atoms with Crippen LogP contribution in [0.4, 0.5) is 15.8 Å². The molecule has 23 heavy (non-hydrogen) atoms. The van der Waals surface area contributed by atoms with Gasteiger partial charge in [-0.15, -0.1) is 6.58 Å². The molecular weight excluding hydrogens is 301 g/mol. The Morgan fingerprint density at radius 3 is 2.78 bits per heavy atom. The number of benzene rings is 1. The molecule has 0 radical (unpaired) electrons. The predicted octanol–water partition coefficient (Wildman–Crippen LogP) is 1.69. The van der Waals surface area contributed by atoms with Crippen molar-refractivity contribution in [3.05, 3.63) is 36.7 Å². The number of esters is 1. The number of nitrogens with one attached hydrogen (secondary N) is 2. The molecule has 0 bridgehead atoms. The zero-order chi connectivity index (χ0) is 17.4. The highest BCUT2D eigenvalue weighted by Gasteiger charge is 2.23. The maximum absolute atomic E-state index is 13.5. The van der Waals surface area contributed by atoms with E-state index < -0.39 is 23.7 Å². The third kappa shape index (κ3) is 5.71. The highest BCUT2D eigenvalue weighted by atomic mass is 19.1. The number of carbonyl (C=O) groups is 2. The second-order valence-corrected chi connectivity index (χ2v) is 5.09. The third-order valence-electron chi connectivity index (χ3n) is 3.33. The van der Waals surface area contributed by atoms with E-state index in [9.17, 15) is 14.0 Å². The molecule has 0 heterocycles. The van der Waals surface area contributed by atoms with Gasteiger partial charge in [-0.1, -0.05) is 13.0 Å². The standard InChI is InChI=1S/C16H22FN3O3/c1-4-10(2)15(16(22)23-3)19-8-7-14(21)20-13-9-11(18)5-6-12(13)17/h4-6,9-10,15,19H,1,7-8,18H2,2-3H3,(H,20,21). The lowest BCUT2D eigenvalue weighted by Gasteiger charge is -2.20. The molecule has 6 nitrogen and oxygen atoms in total. The molecule has 0 aliphatic heterocycles. The number of hydrogen-bond acceptors (Lipinski definition) is 5. The first-order valence-corrected chi connectivity index (χ1v) is 7.17. The van der Waals surface area contributed by atoms with E-state index in [2.05, 4.69) is 17.2 Å². The molecule has 2 atom stereocenters. The number of ether oxygens (including phenoxy) is 1. The number of nitrogens with two attached hydrogens (primary N) is 1. The van der Waals surface area contributed by atoms with Gasteiger partial charge in [0, 0.05) is 18.7 Å². The van der Waals surface area contributed by atoms with E-state index in [0.717, 1.165) is 0 Å². The van der Waals surface area contributed by atoms with Gasteiger partial charge in [-0.25, -0.2) is 4.39 Å². The van der Waals surface area contributed by atoms with Crippen LogP contribution in [0, 0.1) is 11.7 Å². The summed E-state index contributed by atoms with van der Waals surface area (Å²) in [5.74, 6) is -1.54. The third-order valence-corrected chi connectivity index (χ3v) is 3.33. The molecule has 0 spiro atoms. The molecule has 0 saturated heterocycles. The molecule has 1 aromatic carbocycles. The highest BCUT2D eigenvalue weighted by molar-refractivity contribution is 5.91. The minimum atomic E-state index is -0.589. The minimum absolute atomic E-state index is 0.0268. The van der Waals surface area contributed by atoms with Gasteiger partial charge in [-0.3, -0.25) is 9.59 Å². The fraction of sp³-hybridized carbons (Fsp3) is 0.375. The van der Waals surface area contributed by atoms with Crippen molar-refractivity contribution in [3.63, 3.8) is 0 Å². The number of anilines is 2. The SMILES string of the molecule is C=CC(C)C(NCCC(=O)Nc1cc(N)ccc1F)C(=O)OC. The van der Waals surface area contributed by atoms with Crippen LogP contribution < -0.4 is 16.4 Å². The van der Waals surface area contributed by atoms with Crippen LogP contribution in [-0.4, -0.2) is 31.6 Å². The molecule has 1 amide bonds. The second-order valence-electron chi connectivity index (χ2n) is 5.09. The van der Waals surface area contributed by atoms with Crippen molar-refractivity contribution >= 4 is 23.3 Å². The smallest absolute Gasteiger partial charge is 0.323 e. The summed E-state index contributed by atoms with van der Waals surface area (Å²) in [6.07, 6.45) is 1.68. The number of halogens is 1.